The molecule has 3 aromatic rings. The molecule has 0 unspecified atom stereocenters. The highest BCUT2D eigenvalue weighted by Gasteiger charge is 2.31. The lowest BCUT2D eigenvalue weighted by atomic mass is 10.2. The van der Waals surface area contributed by atoms with E-state index in [4.69, 9.17) is 21.1 Å². The Bertz CT molecular complexity index is 1130. The lowest BCUT2D eigenvalue weighted by molar-refractivity contribution is 0.391. The molecule has 29 heavy (non-hydrogen) atoms. The van der Waals surface area contributed by atoms with Crippen LogP contribution in [0, 0.1) is 5.82 Å². The molecule has 0 radical (unpaired) electrons. The maximum Gasteiger partial charge on any atom is 0.269 e. The fourth-order valence-electron chi connectivity index (χ4n) is 2.49. The van der Waals surface area contributed by atoms with Gasteiger partial charge in [0.1, 0.15) is 28.5 Å². The zero-order chi connectivity index (χ0) is 21.2. The van der Waals surface area contributed by atoms with E-state index in [0.29, 0.717) is 17.1 Å². The van der Waals surface area contributed by atoms with Crippen molar-refractivity contribution in [1.82, 2.24) is 9.36 Å². The van der Waals surface area contributed by atoms with Gasteiger partial charge >= 0.3 is 0 Å². The molecule has 0 spiro atoms. The average molecular weight is 523 g/mol. The largest absolute Gasteiger partial charge is 0.497 e. The standard InChI is InChI=1S/C17H14BrClFN3O4S2/c1-26-11-4-3-10(15(5-11)27-2)8-23(17-21-9-22-28-17)29(24,25)16-7-13(19)12(18)6-14(16)20/h3-7,9H,8H2,1-2H3. The second-order valence-corrected chi connectivity index (χ2v) is 9.46. The summed E-state index contributed by atoms with van der Waals surface area (Å²) in [6.45, 7) is -0.169. The highest BCUT2D eigenvalue weighted by Crippen LogP contribution is 2.34. The summed E-state index contributed by atoms with van der Waals surface area (Å²) in [4.78, 5) is 3.41. The number of benzene rings is 2. The number of methoxy groups -OCH3 is 2. The molecule has 0 amide bonds. The summed E-state index contributed by atoms with van der Waals surface area (Å²) in [5, 5.41) is 0.130. The van der Waals surface area contributed by atoms with Crippen molar-refractivity contribution in [3.63, 3.8) is 0 Å². The van der Waals surface area contributed by atoms with Crippen LogP contribution >= 0.6 is 39.1 Å². The van der Waals surface area contributed by atoms with Gasteiger partial charge in [0.15, 0.2) is 0 Å². The monoisotopic (exact) mass is 521 g/mol. The molecule has 2 aromatic carbocycles. The minimum Gasteiger partial charge on any atom is -0.497 e. The Hall–Kier alpha value is -1.95. The number of rotatable bonds is 7. The van der Waals surface area contributed by atoms with Crippen molar-refractivity contribution in [3.8, 4) is 11.5 Å². The first-order chi connectivity index (χ1) is 13.8. The van der Waals surface area contributed by atoms with E-state index in [0.717, 1.165) is 28.0 Å². The Morgan fingerprint density at radius 1 is 1.24 bits per heavy atom. The predicted molar refractivity (Wildman–Crippen MR) is 112 cm³/mol. The third-order valence-electron chi connectivity index (χ3n) is 3.91. The van der Waals surface area contributed by atoms with E-state index in [-0.39, 0.29) is 21.2 Å². The number of aromatic nitrogens is 2. The molecule has 12 heteroatoms. The summed E-state index contributed by atoms with van der Waals surface area (Å²) in [5.74, 6) is 0.00233. The molecule has 3 rings (SSSR count). The molecule has 0 aliphatic heterocycles. The summed E-state index contributed by atoms with van der Waals surface area (Å²) < 4.78 is 56.8. The van der Waals surface area contributed by atoms with Crippen molar-refractivity contribution < 1.29 is 22.3 Å². The highest BCUT2D eigenvalue weighted by molar-refractivity contribution is 9.10. The fraction of sp³-hybridized carbons (Fsp3) is 0.176. The minimum atomic E-state index is -4.36. The van der Waals surface area contributed by atoms with Gasteiger partial charge in [-0.2, -0.15) is 4.37 Å². The number of halogens is 3. The van der Waals surface area contributed by atoms with E-state index >= 15 is 0 Å². The van der Waals surface area contributed by atoms with Gasteiger partial charge < -0.3 is 9.47 Å². The first kappa shape index (κ1) is 21.8. The molecule has 0 N–H and O–H groups in total. The van der Waals surface area contributed by atoms with Crippen molar-refractivity contribution in [2.45, 2.75) is 11.4 Å². The molecule has 1 aromatic heterocycles. The maximum absolute atomic E-state index is 14.5. The molecule has 0 bridgehead atoms. The normalized spacial score (nSPS) is 11.3. The highest BCUT2D eigenvalue weighted by atomic mass is 79.9. The van der Waals surface area contributed by atoms with Gasteiger partial charge in [-0.05, 0) is 40.2 Å². The molecule has 0 atom stereocenters. The molecular formula is C17H14BrClFN3O4S2. The van der Waals surface area contributed by atoms with E-state index in [9.17, 15) is 12.8 Å². The number of nitrogens with zero attached hydrogens (tertiary/aromatic N) is 3. The fourth-order valence-corrected chi connectivity index (χ4v) is 5.24. The molecule has 0 aliphatic rings. The van der Waals surface area contributed by atoms with Gasteiger partial charge in [-0.25, -0.2) is 22.1 Å². The maximum atomic E-state index is 14.5. The average Bonchev–Trinajstić information content (AvgIpc) is 3.22. The summed E-state index contributed by atoms with van der Waals surface area (Å²) in [6.07, 6.45) is 1.22. The summed E-state index contributed by atoms with van der Waals surface area (Å²) >= 11 is 9.95. The van der Waals surface area contributed by atoms with Crippen LogP contribution in [0.1, 0.15) is 5.56 Å². The van der Waals surface area contributed by atoms with Crippen LogP contribution in [0.2, 0.25) is 5.02 Å². The van der Waals surface area contributed by atoms with Crippen LogP contribution in [-0.4, -0.2) is 32.0 Å². The van der Waals surface area contributed by atoms with Crippen molar-refractivity contribution in [2.75, 3.05) is 18.5 Å². The lowest BCUT2D eigenvalue weighted by Crippen LogP contribution is -2.31. The molecular weight excluding hydrogens is 509 g/mol. The van der Waals surface area contributed by atoms with Gasteiger partial charge in [-0.3, -0.25) is 0 Å². The lowest BCUT2D eigenvalue weighted by Gasteiger charge is -2.23. The van der Waals surface area contributed by atoms with Gasteiger partial charge in [-0.15, -0.1) is 0 Å². The second kappa shape index (κ2) is 8.82. The Morgan fingerprint density at radius 3 is 2.62 bits per heavy atom. The van der Waals surface area contributed by atoms with E-state index in [1.54, 1.807) is 18.2 Å². The minimum absolute atomic E-state index is 0.0595. The van der Waals surface area contributed by atoms with Gasteiger partial charge in [-0.1, -0.05) is 11.6 Å². The zero-order valence-electron chi connectivity index (χ0n) is 15.1. The SMILES string of the molecule is COc1ccc(CN(c2ncns2)S(=O)(=O)c2cc(Cl)c(Br)cc2F)c(OC)c1. The number of sulfonamides is 1. The Labute approximate surface area is 184 Å². The molecule has 0 saturated heterocycles. The van der Waals surface area contributed by atoms with Crippen LogP contribution in [0.25, 0.3) is 0 Å². The molecule has 0 fully saturated rings. The summed E-state index contributed by atoms with van der Waals surface area (Å²) in [7, 11) is -1.40. The first-order valence-corrected chi connectivity index (χ1v) is 11.3. The van der Waals surface area contributed by atoms with Crippen LogP contribution < -0.4 is 13.8 Å². The summed E-state index contributed by atoms with van der Waals surface area (Å²) in [6, 6.07) is 7.00. The molecule has 1 heterocycles. The topological polar surface area (TPSA) is 81.6 Å². The van der Waals surface area contributed by atoms with Gasteiger partial charge in [0.05, 0.1) is 25.8 Å². The van der Waals surface area contributed by atoms with Crippen molar-refractivity contribution in [1.29, 1.82) is 0 Å². The molecule has 0 saturated carbocycles. The zero-order valence-corrected chi connectivity index (χ0v) is 19.1. The van der Waals surface area contributed by atoms with E-state index in [1.807, 2.05) is 0 Å². The van der Waals surface area contributed by atoms with Crippen LogP contribution in [0.5, 0.6) is 11.5 Å². The van der Waals surface area contributed by atoms with Crippen molar-refractivity contribution >= 4 is 54.2 Å². The number of anilines is 1. The third-order valence-corrected chi connectivity index (χ3v) is 7.67. The Kier molecular flexibility index (Phi) is 6.62. The first-order valence-electron chi connectivity index (χ1n) is 7.92. The van der Waals surface area contributed by atoms with Gasteiger partial charge in [0.2, 0.25) is 5.13 Å². The quantitative estimate of drug-likeness (QED) is 0.425. The van der Waals surface area contributed by atoms with Crippen LogP contribution in [0.15, 0.2) is 46.0 Å². The van der Waals surface area contributed by atoms with Crippen molar-refractivity contribution in [3.05, 3.63) is 57.5 Å². The summed E-state index contributed by atoms with van der Waals surface area (Å²) in [5.41, 5.74) is 0.524. The van der Waals surface area contributed by atoms with Crippen LogP contribution in [0.4, 0.5) is 9.52 Å². The smallest absolute Gasteiger partial charge is 0.269 e. The predicted octanol–water partition coefficient (Wildman–Crippen LogP) is 4.51. The number of hydrogen-bond acceptors (Lipinski definition) is 7. The second-order valence-electron chi connectivity index (χ2n) is 5.61. The van der Waals surface area contributed by atoms with E-state index in [1.165, 1.54) is 20.5 Å². The Morgan fingerprint density at radius 2 is 2.00 bits per heavy atom. The van der Waals surface area contributed by atoms with Crippen molar-refractivity contribution in [2.24, 2.45) is 0 Å². The molecule has 154 valence electrons. The van der Waals surface area contributed by atoms with Crippen LogP contribution in [-0.2, 0) is 16.6 Å². The molecule has 0 aliphatic carbocycles. The van der Waals surface area contributed by atoms with Crippen LogP contribution in [0.3, 0.4) is 0 Å². The molecule has 7 nitrogen and oxygen atoms in total. The third kappa shape index (κ3) is 4.47. The van der Waals surface area contributed by atoms with Gasteiger partial charge in [0.25, 0.3) is 10.0 Å². The number of ether oxygens (including phenoxy) is 2. The Balaban J connectivity index is 2.11. The van der Waals surface area contributed by atoms with E-state index < -0.39 is 20.7 Å². The van der Waals surface area contributed by atoms with Gasteiger partial charge in [0, 0.05) is 27.6 Å². The van der Waals surface area contributed by atoms with E-state index in [2.05, 4.69) is 25.3 Å². The number of hydrogen-bond donors (Lipinski definition) is 0.